The van der Waals surface area contributed by atoms with E-state index in [2.05, 4.69) is 10.2 Å². The van der Waals surface area contributed by atoms with E-state index in [4.69, 9.17) is 21.1 Å². The summed E-state index contributed by atoms with van der Waals surface area (Å²) >= 11 is 5.69. The molecule has 4 nitrogen and oxygen atoms in total. The molecule has 29 heavy (non-hydrogen) atoms. The van der Waals surface area contributed by atoms with Gasteiger partial charge in [-0.3, -0.25) is 4.90 Å². The van der Waals surface area contributed by atoms with Gasteiger partial charge in [-0.15, -0.1) is 0 Å². The molecule has 1 aliphatic heterocycles. The molecule has 1 heterocycles. The molecule has 0 amide bonds. The highest BCUT2D eigenvalue weighted by molar-refractivity contribution is 6.31. The summed E-state index contributed by atoms with van der Waals surface area (Å²) in [6.45, 7) is 4.87. The number of rotatable bonds is 7. The van der Waals surface area contributed by atoms with E-state index >= 15 is 0 Å². The van der Waals surface area contributed by atoms with Gasteiger partial charge in [0.15, 0.2) is 0 Å². The van der Waals surface area contributed by atoms with Gasteiger partial charge < -0.3 is 14.8 Å². The fraction of sp³-hybridized carbons (Fsp3) is 0.429. The predicted molar refractivity (Wildman–Crippen MR) is 107 cm³/mol. The van der Waals surface area contributed by atoms with Gasteiger partial charge in [0.2, 0.25) is 0 Å². The Labute approximate surface area is 173 Å². The monoisotopic (exact) mass is 428 g/mol. The molecule has 1 N–H and O–H groups in total. The Bertz CT molecular complexity index is 824. The number of nitrogens with one attached hydrogen (secondary N) is 1. The number of ether oxygens (including phenoxy) is 2. The van der Waals surface area contributed by atoms with Crippen LogP contribution in [-0.2, 0) is 23.9 Å². The number of benzene rings is 2. The molecule has 0 atom stereocenters. The topological polar surface area (TPSA) is 33.7 Å². The SMILES string of the molecule is CNCc1cc(CCN2CCOCC2)ccc1Oc1ccc(Cl)c(C(F)(F)F)c1. The van der Waals surface area contributed by atoms with E-state index in [1.807, 2.05) is 25.2 Å². The highest BCUT2D eigenvalue weighted by Crippen LogP contribution is 2.38. The number of nitrogens with zero attached hydrogens (tertiary/aromatic N) is 1. The van der Waals surface area contributed by atoms with E-state index in [-0.39, 0.29) is 10.8 Å². The number of hydrogen-bond donors (Lipinski definition) is 1. The van der Waals surface area contributed by atoms with Crippen molar-refractivity contribution in [3.8, 4) is 11.5 Å². The van der Waals surface area contributed by atoms with Gasteiger partial charge in [0.25, 0.3) is 0 Å². The molecule has 0 radical (unpaired) electrons. The summed E-state index contributed by atoms with van der Waals surface area (Å²) in [6.07, 6.45) is -3.65. The predicted octanol–water partition coefficient (Wildman–Crippen LogP) is 4.75. The highest BCUT2D eigenvalue weighted by atomic mass is 35.5. The number of halogens is 4. The van der Waals surface area contributed by atoms with Crippen molar-refractivity contribution in [3.05, 3.63) is 58.1 Å². The third-order valence-electron chi connectivity index (χ3n) is 4.78. The number of hydrogen-bond acceptors (Lipinski definition) is 4. The van der Waals surface area contributed by atoms with Crippen molar-refractivity contribution in [1.29, 1.82) is 0 Å². The van der Waals surface area contributed by atoms with Crippen LogP contribution < -0.4 is 10.1 Å². The second kappa shape index (κ2) is 9.80. The molecule has 2 aromatic rings. The summed E-state index contributed by atoms with van der Waals surface area (Å²) in [4.78, 5) is 2.36. The molecule has 1 saturated heterocycles. The summed E-state index contributed by atoms with van der Waals surface area (Å²) in [5.74, 6) is 0.616. The Morgan fingerprint density at radius 2 is 1.90 bits per heavy atom. The average Bonchev–Trinajstić information content (AvgIpc) is 2.69. The highest BCUT2D eigenvalue weighted by Gasteiger charge is 2.33. The zero-order chi connectivity index (χ0) is 20.9. The van der Waals surface area contributed by atoms with E-state index in [0.717, 1.165) is 56.5 Å². The molecular weight excluding hydrogens is 405 g/mol. The fourth-order valence-corrected chi connectivity index (χ4v) is 3.47. The van der Waals surface area contributed by atoms with Gasteiger partial charge >= 0.3 is 6.18 Å². The summed E-state index contributed by atoms with van der Waals surface area (Å²) in [5, 5.41) is 2.73. The van der Waals surface area contributed by atoms with Crippen LogP contribution in [-0.4, -0.2) is 44.8 Å². The Balaban J connectivity index is 1.75. The molecule has 158 valence electrons. The number of alkyl halides is 3. The lowest BCUT2D eigenvalue weighted by Gasteiger charge is -2.26. The zero-order valence-corrected chi connectivity index (χ0v) is 16.9. The molecule has 0 saturated carbocycles. The van der Waals surface area contributed by atoms with Gasteiger partial charge in [0.1, 0.15) is 11.5 Å². The molecule has 3 rings (SSSR count). The minimum Gasteiger partial charge on any atom is -0.457 e. The van der Waals surface area contributed by atoms with Crippen LogP contribution in [0, 0.1) is 0 Å². The second-order valence-electron chi connectivity index (χ2n) is 6.92. The lowest BCUT2D eigenvalue weighted by molar-refractivity contribution is -0.137. The molecular formula is C21H24ClF3N2O2. The first-order chi connectivity index (χ1) is 13.9. The number of morpholine rings is 1. The van der Waals surface area contributed by atoms with Crippen molar-refractivity contribution in [2.24, 2.45) is 0 Å². The molecule has 1 fully saturated rings. The van der Waals surface area contributed by atoms with Crippen LogP contribution >= 0.6 is 11.6 Å². The Hall–Kier alpha value is -1.80. The van der Waals surface area contributed by atoms with Crippen LogP contribution in [0.2, 0.25) is 5.02 Å². The van der Waals surface area contributed by atoms with Crippen LogP contribution in [0.4, 0.5) is 13.2 Å². The first-order valence-corrected chi connectivity index (χ1v) is 9.85. The summed E-state index contributed by atoms with van der Waals surface area (Å²) in [5.41, 5.74) is 1.13. The summed E-state index contributed by atoms with van der Waals surface area (Å²) in [6, 6.07) is 9.37. The van der Waals surface area contributed by atoms with Gasteiger partial charge in [-0.1, -0.05) is 23.7 Å². The van der Waals surface area contributed by atoms with E-state index in [0.29, 0.717) is 12.3 Å². The molecule has 0 spiro atoms. The van der Waals surface area contributed by atoms with Crippen molar-refractivity contribution in [3.63, 3.8) is 0 Å². The van der Waals surface area contributed by atoms with Crippen LogP contribution in [0.3, 0.4) is 0 Å². The summed E-state index contributed by atoms with van der Waals surface area (Å²) < 4.78 is 50.4. The molecule has 0 aliphatic carbocycles. The zero-order valence-electron chi connectivity index (χ0n) is 16.2. The van der Waals surface area contributed by atoms with E-state index in [1.165, 1.54) is 12.1 Å². The first-order valence-electron chi connectivity index (χ1n) is 9.48. The molecule has 1 aliphatic rings. The maximum Gasteiger partial charge on any atom is 0.417 e. The van der Waals surface area contributed by atoms with E-state index < -0.39 is 11.7 Å². The van der Waals surface area contributed by atoms with Crippen LogP contribution in [0.1, 0.15) is 16.7 Å². The Kier molecular flexibility index (Phi) is 7.40. The third kappa shape index (κ3) is 6.09. The molecule has 8 heteroatoms. The molecule has 2 aromatic carbocycles. The normalized spacial score (nSPS) is 15.5. The van der Waals surface area contributed by atoms with Gasteiger partial charge in [0, 0.05) is 31.7 Å². The standard InChI is InChI=1S/C21H24ClF3N2O2/c1-26-14-16-12-15(6-7-27-8-10-28-11-9-27)2-5-20(16)29-17-3-4-19(22)18(13-17)21(23,24)25/h2-5,12-13,26H,6-11,14H2,1H3. The smallest absolute Gasteiger partial charge is 0.417 e. The van der Waals surface area contributed by atoms with Crippen molar-refractivity contribution >= 4 is 11.6 Å². The Morgan fingerprint density at radius 1 is 1.14 bits per heavy atom. The largest absolute Gasteiger partial charge is 0.457 e. The Morgan fingerprint density at radius 3 is 2.59 bits per heavy atom. The molecule has 0 unspecified atom stereocenters. The second-order valence-corrected chi connectivity index (χ2v) is 7.33. The van der Waals surface area contributed by atoms with Gasteiger partial charge in [-0.05, 0) is 43.3 Å². The lowest BCUT2D eigenvalue weighted by atomic mass is 10.1. The van der Waals surface area contributed by atoms with Crippen LogP contribution in [0.25, 0.3) is 0 Å². The minimum absolute atomic E-state index is 0.0974. The van der Waals surface area contributed by atoms with Crippen molar-refractivity contribution < 1.29 is 22.6 Å². The van der Waals surface area contributed by atoms with Gasteiger partial charge in [-0.2, -0.15) is 13.2 Å². The van der Waals surface area contributed by atoms with Crippen molar-refractivity contribution in [2.75, 3.05) is 39.9 Å². The van der Waals surface area contributed by atoms with Crippen molar-refractivity contribution in [1.82, 2.24) is 10.2 Å². The van der Waals surface area contributed by atoms with Gasteiger partial charge in [-0.25, -0.2) is 0 Å². The van der Waals surface area contributed by atoms with Crippen molar-refractivity contribution in [2.45, 2.75) is 19.1 Å². The van der Waals surface area contributed by atoms with Gasteiger partial charge in [0.05, 0.1) is 23.8 Å². The average molecular weight is 429 g/mol. The van der Waals surface area contributed by atoms with Crippen LogP contribution in [0.5, 0.6) is 11.5 Å². The summed E-state index contributed by atoms with van der Waals surface area (Å²) in [7, 11) is 1.81. The lowest BCUT2D eigenvalue weighted by Crippen LogP contribution is -2.37. The fourth-order valence-electron chi connectivity index (χ4n) is 3.24. The maximum absolute atomic E-state index is 13.1. The maximum atomic E-state index is 13.1. The quantitative estimate of drug-likeness (QED) is 0.690. The minimum atomic E-state index is -4.53. The molecule has 0 aromatic heterocycles. The molecule has 0 bridgehead atoms. The van der Waals surface area contributed by atoms with E-state index in [9.17, 15) is 13.2 Å². The first kappa shape index (κ1) is 21.9. The third-order valence-corrected chi connectivity index (χ3v) is 5.11. The van der Waals surface area contributed by atoms with E-state index in [1.54, 1.807) is 0 Å². The van der Waals surface area contributed by atoms with Crippen LogP contribution in [0.15, 0.2) is 36.4 Å².